The summed E-state index contributed by atoms with van der Waals surface area (Å²) < 4.78 is 30.3. The molecule has 1 aromatic carbocycles. The van der Waals surface area contributed by atoms with Crippen molar-refractivity contribution in [2.45, 2.75) is 46.0 Å². The van der Waals surface area contributed by atoms with E-state index in [1.54, 1.807) is 6.26 Å². The summed E-state index contributed by atoms with van der Waals surface area (Å²) in [5.41, 5.74) is 4.20. The highest BCUT2D eigenvalue weighted by molar-refractivity contribution is 7.88. The van der Waals surface area contributed by atoms with Crippen LogP contribution in [0.15, 0.2) is 22.8 Å². The number of amides is 1. The van der Waals surface area contributed by atoms with Gasteiger partial charge in [0.1, 0.15) is 5.58 Å². The van der Waals surface area contributed by atoms with Gasteiger partial charge in [-0.1, -0.05) is 13.8 Å². The van der Waals surface area contributed by atoms with Crippen molar-refractivity contribution >= 4 is 26.9 Å². The summed E-state index contributed by atoms with van der Waals surface area (Å²) in [5, 5.41) is 4.01. The number of benzene rings is 1. The predicted octanol–water partition coefficient (Wildman–Crippen LogP) is 3.19. The lowest BCUT2D eigenvalue weighted by atomic mass is 9.95. The van der Waals surface area contributed by atoms with Crippen LogP contribution in [0.5, 0.6) is 0 Å². The van der Waals surface area contributed by atoms with Gasteiger partial charge in [0.05, 0.1) is 18.9 Å². The van der Waals surface area contributed by atoms with E-state index in [-0.39, 0.29) is 12.3 Å². The molecule has 0 radical (unpaired) electrons. The number of piperidine rings is 1. The molecule has 1 saturated heterocycles. The van der Waals surface area contributed by atoms with Crippen molar-refractivity contribution in [3.05, 3.63) is 35.1 Å². The van der Waals surface area contributed by atoms with E-state index in [0.717, 1.165) is 29.4 Å². The molecule has 1 aliphatic heterocycles. The molecular weight excluding hydrogens is 376 g/mol. The Kier molecular flexibility index (Phi) is 6.15. The van der Waals surface area contributed by atoms with Gasteiger partial charge in [-0.25, -0.2) is 12.7 Å². The van der Waals surface area contributed by atoms with Crippen molar-refractivity contribution in [3.63, 3.8) is 0 Å². The normalized spacial score (nSPS) is 16.8. The molecule has 0 bridgehead atoms. The second kappa shape index (κ2) is 8.25. The number of hydrogen-bond acceptors (Lipinski definition) is 4. The first-order valence-corrected chi connectivity index (χ1v) is 11.7. The second-order valence-electron chi connectivity index (χ2n) is 8.21. The average molecular weight is 407 g/mol. The lowest BCUT2D eigenvalue weighted by molar-refractivity contribution is -0.120. The summed E-state index contributed by atoms with van der Waals surface area (Å²) in [6.45, 7) is 8.05. The fraction of sp³-hybridized carbons (Fsp3) is 0.571. The van der Waals surface area contributed by atoms with Gasteiger partial charge in [-0.3, -0.25) is 4.79 Å². The third-order valence-electron chi connectivity index (χ3n) is 5.65. The zero-order chi connectivity index (χ0) is 20.5. The molecule has 0 unspecified atom stereocenters. The van der Waals surface area contributed by atoms with Gasteiger partial charge >= 0.3 is 0 Å². The van der Waals surface area contributed by atoms with Crippen molar-refractivity contribution in [2.75, 3.05) is 25.9 Å². The highest BCUT2D eigenvalue weighted by Gasteiger charge is 2.25. The summed E-state index contributed by atoms with van der Waals surface area (Å²) in [4.78, 5) is 12.4. The lowest BCUT2D eigenvalue weighted by Gasteiger charge is -2.30. The van der Waals surface area contributed by atoms with Gasteiger partial charge in [0.15, 0.2) is 0 Å². The Balaban J connectivity index is 1.58. The molecule has 0 atom stereocenters. The van der Waals surface area contributed by atoms with E-state index in [0.29, 0.717) is 31.5 Å². The molecule has 1 aromatic heterocycles. The van der Waals surface area contributed by atoms with Crippen molar-refractivity contribution in [3.8, 4) is 0 Å². The molecule has 154 valence electrons. The van der Waals surface area contributed by atoms with Crippen LogP contribution in [0.4, 0.5) is 0 Å². The van der Waals surface area contributed by atoms with E-state index < -0.39 is 10.0 Å². The van der Waals surface area contributed by atoms with Crippen LogP contribution in [-0.2, 0) is 21.2 Å². The largest absolute Gasteiger partial charge is 0.464 e. The van der Waals surface area contributed by atoms with Crippen LogP contribution >= 0.6 is 0 Å². The number of fused-ring (bicyclic) bond motifs is 1. The molecule has 1 N–H and O–H groups in total. The molecule has 1 amide bonds. The lowest BCUT2D eigenvalue weighted by Crippen LogP contribution is -2.41. The molecule has 0 saturated carbocycles. The molecule has 0 spiro atoms. The van der Waals surface area contributed by atoms with E-state index in [4.69, 9.17) is 4.42 Å². The van der Waals surface area contributed by atoms with Crippen LogP contribution < -0.4 is 5.32 Å². The highest BCUT2D eigenvalue weighted by atomic mass is 32.2. The van der Waals surface area contributed by atoms with Gasteiger partial charge in [0.2, 0.25) is 15.9 Å². The number of carbonyl (C=O) groups is 1. The monoisotopic (exact) mass is 406 g/mol. The van der Waals surface area contributed by atoms with Crippen LogP contribution in [-0.4, -0.2) is 44.5 Å². The topological polar surface area (TPSA) is 79.6 Å². The zero-order valence-corrected chi connectivity index (χ0v) is 17.9. The summed E-state index contributed by atoms with van der Waals surface area (Å²) in [7, 11) is -3.11. The predicted molar refractivity (Wildman–Crippen MR) is 111 cm³/mol. The summed E-state index contributed by atoms with van der Waals surface area (Å²) in [6, 6.07) is 4.18. The van der Waals surface area contributed by atoms with E-state index in [2.05, 4.69) is 32.2 Å². The zero-order valence-electron chi connectivity index (χ0n) is 17.1. The van der Waals surface area contributed by atoms with Crippen molar-refractivity contribution in [1.82, 2.24) is 9.62 Å². The number of carbonyl (C=O) groups excluding carboxylic acids is 1. The first kappa shape index (κ1) is 20.9. The third kappa shape index (κ3) is 4.75. The maximum absolute atomic E-state index is 12.4. The number of hydrogen-bond donors (Lipinski definition) is 1. The molecule has 0 aliphatic carbocycles. The molecule has 2 aromatic rings. The summed E-state index contributed by atoms with van der Waals surface area (Å²) >= 11 is 0. The van der Waals surface area contributed by atoms with Crippen molar-refractivity contribution < 1.29 is 17.6 Å². The molecular formula is C21H30N2O4S. The SMILES string of the molecule is Cc1cc2occ(CC(=O)NCC3CCN(S(C)(=O)=O)CC3)c2cc1C(C)C. The highest BCUT2D eigenvalue weighted by Crippen LogP contribution is 2.29. The van der Waals surface area contributed by atoms with Crippen LogP contribution in [0, 0.1) is 12.8 Å². The average Bonchev–Trinajstić information content (AvgIpc) is 3.00. The maximum Gasteiger partial charge on any atom is 0.224 e. The van der Waals surface area contributed by atoms with Gasteiger partial charge in [-0.2, -0.15) is 0 Å². The number of nitrogens with one attached hydrogen (secondary N) is 1. The first-order valence-electron chi connectivity index (χ1n) is 9.87. The minimum atomic E-state index is -3.11. The van der Waals surface area contributed by atoms with Crippen LogP contribution in [0.3, 0.4) is 0 Å². The van der Waals surface area contributed by atoms with E-state index in [1.165, 1.54) is 21.7 Å². The van der Waals surface area contributed by atoms with Gasteiger partial charge in [0, 0.05) is 30.6 Å². The molecule has 1 aliphatic rings. The Labute approximate surface area is 167 Å². The molecule has 6 nitrogen and oxygen atoms in total. The van der Waals surface area contributed by atoms with E-state index >= 15 is 0 Å². The van der Waals surface area contributed by atoms with Crippen LogP contribution in [0.2, 0.25) is 0 Å². The minimum Gasteiger partial charge on any atom is -0.464 e. The first-order chi connectivity index (χ1) is 13.1. The van der Waals surface area contributed by atoms with Crippen LogP contribution in [0.1, 0.15) is 49.3 Å². The Morgan fingerprint density at radius 3 is 2.57 bits per heavy atom. The Bertz CT molecular complexity index is 954. The maximum atomic E-state index is 12.4. The number of aryl methyl sites for hydroxylation is 1. The molecule has 1 fully saturated rings. The third-order valence-corrected chi connectivity index (χ3v) is 6.95. The smallest absolute Gasteiger partial charge is 0.224 e. The molecule has 7 heteroatoms. The number of nitrogens with zero attached hydrogens (tertiary/aromatic N) is 1. The van der Waals surface area contributed by atoms with Crippen molar-refractivity contribution in [2.24, 2.45) is 5.92 Å². The van der Waals surface area contributed by atoms with Gasteiger partial charge < -0.3 is 9.73 Å². The van der Waals surface area contributed by atoms with Crippen LogP contribution in [0.25, 0.3) is 11.0 Å². The van der Waals surface area contributed by atoms with Gasteiger partial charge in [-0.15, -0.1) is 0 Å². The van der Waals surface area contributed by atoms with Crippen molar-refractivity contribution in [1.29, 1.82) is 0 Å². The summed E-state index contributed by atoms with van der Waals surface area (Å²) in [6.07, 6.45) is 4.77. The second-order valence-corrected chi connectivity index (χ2v) is 10.2. The number of sulfonamides is 1. The number of furan rings is 1. The molecule has 3 rings (SSSR count). The quantitative estimate of drug-likeness (QED) is 0.799. The fourth-order valence-corrected chi connectivity index (χ4v) is 4.82. The summed E-state index contributed by atoms with van der Waals surface area (Å²) in [5.74, 6) is 0.705. The van der Waals surface area contributed by atoms with Gasteiger partial charge in [0.25, 0.3) is 0 Å². The Hall–Kier alpha value is -1.86. The fourth-order valence-electron chi connectivity index (χ4n) is 3.94. The van der Waals surface area contributed by atoms with E-state index in [9.17, 15) is 13.2 Å². The minimum absolute atomic E-state index is 0.0279. The Morgan fingerprint density at radius 2 is 1.96 bits per heavy atom. The number of rotatable bonds is 6. The molecule has 2 heterocycles. The standard InChI is InChI=1S/C21H30N2O4S/c1-14(2)18-11-19-17(13-27-20(19)9-15(18)3)10-21(24)22-12-16-5-7-23(8-6-16)28(4,25)26/h9,11,13-14,16H,5-8,10,12H2,1-4H3,(H,22,24). The van der Waals surface area contributed by atoms with E-state index in [1.807, 2.05) is 6.07 Å². The Morgan fingerprint density at radius 1 is 1.29 bits per heavy atom. The van der Waals surface area contributed by atoms with Gasteiger partial charge in [-0.05, 0) is 54.9 Å². The molecule has 28 heavy (non-hydrogen) atoms.